The molecule has 0 unspecified atom stereocenters. The number of hydrogen-bond acceptors (Lipinski definition) is 3. The number of nitrogens with one attached hydrogen (secondary N) is 2. The molecule has 0 bridgehead atoms. The number of ether oxygens (including phenoxy) is 1. The third kappa shape index (κ3) is 3.98. The van der Waals surface area contributed by atoms with Gasteiger partial charge in [0.25, 0.3) is 5.91 Å². The van der Waals surface area contributed by atoms with Gasteiger partial charge >= 0.3 is 0 Å². The van der Waals surface area contributed by atoms with Gasteiger partial charge in [0, 0.05) is 18.8 Å². The summed E-state index contributed by atoms with van der Waals surface area (Å²) in [5.41, 5.74) is 1.98. The number of carbonyl (C=O) groups excluding carboxylic acids is 1. The van der Waals surface area contributed by atoms with Gasteiger partial charge in [-0.25, -0.2) is 0 Å². The molecule has 0 spiro atoms. The zero-order valence-electron chi connectivity index (χ0n) is 10.4. The zero-order chi connectivity index (χ0) is 12.1. The van der Waals surface area contributed by atoms with Crippen molar-refractivity contribution in [3.05, 3.63) is 29.8 Å². The highest BCUT2D eigenvalue weighted by molar-refractivity contribution is 5.94. The molecule has 1 aromatic carbocycles. The highest BCUT2D eigenvalue weighted by Crippen LogP contribution is 2.16. The van der Waals surface area contributed by atoms with Crippen molar-refractivity contribution in [1.82, 2.24) is 5.32 Å². The highest BCUT2D eigenvalue weighted by Gasteiger charge is 2.23. The van der Waals surface area contributed by atoms with Crippen LogP contribution in [0.4, 0.5) is 5.69 Å². The summed E-state index contributed by atoms with van der Waals surface area (Å²) in [4.78, 5) is 11.8. The Kier molecular flexibility index (Phi) is 6.12. The molecule has 1 aliphatic heterocycles. The van der Waals surface area contributed by atoms with Crippen molar-refractivity contribution in [3.8, 4) is 0 Å². The third-order valence-electron chi connectivity index (χ3n) is 2.80. The summed E-state index contributed by atoms with van der Waals surface area (Å²) < 4.78 is 5.34. The smallest absolute Gasteiger partial charge is 0.253 e. The van der Waals surface area contributed by atoms with E-state index in [4.69, 9.17) is 4.74 Å². The molecular formula is C13H19ClN2O2. The van der Waals surface area contributed by atoms with Crippen molar-refractivity contribution in [2.45, 2.75) is 25.5 Å². The van der Waals surface area contributed by atoms with Crippen molar-refractivity contribution in [2.75, 3.05) is 19.0 Å². The van der Waals surface area contributed by atoms with Crippen LogP contribution in [0, 0.1) is 0 Å². The molecule has 5 heteroatoms. The predicted octanol–water partition coefficient (Wildman–Crippen LogP) is 1.95. The first-order valence-electron chi connectivity index (χ1n) is 5.95. The zero-order valence-corrected chi connectivity index (χ0v) is 11.3. The summed E-state index contributed by atoms with van der Waals surface area (Å²) in [7, 11) is 1.90. The van der Waals surface area contributed by atoms with Gasteiger partial charge in [0.05, 0.1) is 0 Å². The van der Waals surface area contributed by atoms with Crippen LogP contribution in [0.5, 0.6) is 0 Å². The Bertz CT molecular complexity index is 392. The van der Waals surface area contributed by atoms with Crippen LogP contribution >= 0.6 is 12.4 Å². The standard InChI is InChI=1S/C13H18N2O2.ClH/c1-14-9-10-4-2-5-11(8-10)15-13(16)12-6-3-7-17-12;/h2,4-5,8,12,14H,3,6-7,9H2,1H3,(H,15,16);1H/t12-;/m1./s1. The van der Waals surface area contributed by atoms with E-state index in [1.165, 1.54) is 0 Å². The molecule has 0 aromatic heterocycles. The lowest BCUT2D eigenvalue weighted by Crippen LogP contribution is -2.26. The van der Waals surface area contributed by atoms with Gasteiger partial charge in [-0.15, -0.1) is 12.4 Å². The van der Waals surface area contributed by atoms with Crippen molar-refractivity contribution in [3.63, 3.8) is 0 Å². The van der Waals surface area contributed by atoms with Crippen molar-refractivity contribution in [2.24, 2.45) is 0 Å². The van der Waals surface area contributed by atoms with Crippen molar-refractivity contribution < 1.29 is 9.53 Å². The Hall–Kier alpha value is -1.10. The Morgan fingerprint density at radius 1 is 1.50 bits per heavy atom. The van der Waals surface area contributed by atoms with E-state index in [1.54, 1.807) is 0 Å². The van der Waals surface area contributed by atoms with E-state index in [1.807, 2.05) is 31.3 Å². The molecule has 18 heavy (non-hydrogen) atoms. The number of carbonyl (C=O) groups is 1. The Labute approximate surface area is 114 Å². The summed E-state index contributed by atoms with van der Waals surface area (Å²) in [5.74, 6) is -0.0379. The van der Waals surface area contributed by atoms with E-state index in [-0.39, 0.29) is 24.4 Å². The van der Waals surface area contributed by atoms with Crippen LogP contribution in [0.1, 0.15) is 18.4 Å². The average Bonchev–Trinajstić information content (AvgIpc) is 2.83. The normalized spacial score (nSPS) is 18.2. The molecule has 1 heterocycles. The highest BCUT2D eigenvalue weighted by atomic mass is 35.5. The Morgan fingerprint density at radius 2 is 2.33 bits per heavy atom. The van der Waals surface area contributed by atoms with E-state index < -0.39 is 0 Å². The van der Waals surface area contributed by atoms with Crippen molar-refractivity contribution in [1.29, 1.82) is 0 Å². The van der Waals surface area contributed by atoms with Gasteiger partial charge in [0.2, 0.25) is 0 Å². The first-order valence-corrected chi connectivity index (χ1v) is 5.95. The van der Waals surface area contributed by atoms with Crippen LogP contribution in [-0.4, -0.2) is 25.7 Å². The van der Waals surface area contributed by atoms with Crippen LogP contribution in [0.15, 0.2) is 24.3 Å². The second-order valence-electron chi connectivity index (χ2n) is 4.22. The van der Waals surface area contributed by atoms with Gasteiger partial charge in [-0.2, -0.15) is 0 Å². The molecule has 1 aliphatic rings. The largest absolute Gasteiger partial charge is 0.368 e. The lowest BCUT2D eigenvalue weighted by Gasteiger charge is -2.11. The lowest BCUT2D eigenvalue weighted by molar-refractivity contribution is -0.124. The minimum absolute atomic E-state index is 0. The summed E-state index contributed by atoms with van der Waals surface area (Å²) in [6.45, 7) is 1.49. The maximum absolute atomic E-state index is 11.8. The summed E-state index contributed by atoms with van der Waals surface area (Å²) in [5, 5.41) is 5.97. The Balaban J connectivity index is 0.00000162. The number of amides is 1. The fourth-order valence-electron chi connectivity index (χ4n) is 1.97. The molecule has 0 aliphatic carbocycles. The summed E-state index contributed by atoms with van der Waals surface area (Å²) >= 11 is 0. The molecule has 4 nitrogen and oxygen atoms in total. The van der Waals surface area contributed by atoms with Crippen LogP contribution in [0.2, 0.25) is 0 Å². The molecule has 100 valence electrons. The minimum Gasteiger partial charge on any atom is -0.368 e. The van der Waals surface area contributed by atoms with E-state index in [0.29, 0.717) is 6.61 Å². The third-order valence-corrected chi connectivity index (χ3v) is 2.80. The number of halogens is 1. The van der Waals surface area contributed by atoms with E-state index in [0.717, 1.165) is 30.6 Å². The number of rotatable bonds is 4. The number of hydrogen-bond donors (Lipinski definition) is 2. The SMILES string of the molecule is CNCc1cccc(NC(=O)[C@H]2CCCO2)c1.Cl. The molecule has 1 atom stereocenters. The van der Waals surface area contributed by atoms with Gasteiger partial charge in [-0.1, -0.05) is 12.1 Å². The molecule has 0 radical (unpaired) electrons. The second kappa shape index (κ2) is 7.36. The van der Waals surface area contributed by atoms with E-state index in [2.05, 4.69) is 10.6 Å². The fourth-order valence-corrected chi connectivity index (χ4v) is 1.97. The molecule has 1 aromatic rings. The van der Waals surface area contributed by atoms with Gasteiger partial charge in [-0.05, 0) is 37.6 Å². The van der Waals surface area contributed by atoms with Crippen LogP contribution in [0.25, 0.3) is 0 Å². The molecule has 1 saturated heterocycles. The number of anilines is 1. The van der Waals surface area contributed by atoms with Crippen molar-refractivity contribution >= 4 is 24.0 Å². The predicted molar refractivity (Wildman–Crippen MR) is 74.1 cm³/mol. The first-order chi connectivity index (χ1) is 8.29. The van der Waals surface area contributed by atoms with E-state index in [9.17, 15) is 4.79 Å². The van der Waals surface area contributed by atoms with Crippen LogP contribution in [0.3, 0.4) is 0 Å². The van der Waals surface area contributed by atoms with Gasteiger partial charge in [0.1, 0.15) is 6.10 Å². The van der Waals surface area contributed by atoms with Gasteiger partial charge in [-0.3, -0.25) is 4.79 Å². The topological polar surface area (TPSA) is 50.4 Å². The molecule has 2 N–H and O–H groups in total. The first kappa shape index (κ1) is 15.0. The Morgan fingerprint density at radius 3 is 3.00 bits per heavy atom. The maximum Gasteiger partial charge on any atom is 0.253 e. The van der Waals surface area contributed by atoms with E-state index >= 15 is 0 Å². The number of benzene rings is 1. The van der Waals surface area contributed by atoms with Crippen LogP contribution in [-0.2, 0) is 16.1 Å². The fraction of sp³-hybridized carbons (Fsp3) is 0.462. The monoisotopic (exact) mass is 270 g/mol. The summed E-state index contributed by atoms with van der Waals surface area (Å²) in [6.07, 6.45) is 1.52. The molecule has 1 fully saturated rings. The second-order valence-corrected chi connectivity index (χ2v) is 4.22. The molecule has 1 amide bonds. The average molecular weight is 271 g/mol. The summed E-state index contributed by atoms with van der Waals surface area (Å²) in [6, 6.07) is 7.84. The minimum atomic E-state index is -0.275. The molecule has 2 rings (SSSR count). The molecule has 0 saturated carbocycles. The lowest BCUT2D eigenvalue weighted by atomic mass is 10.2. The molecular weight excluding hydrogens is 252 g/mol. The quantitative estimate of drug-likeness (QED) is 0.879. The van der Waals surface area contributed by atoms with Crippen LogP contribution < -0.4 is 10.6 Å². The van der Waals surface area contributed by atoms with Gasteiger partial charge < -0.3 is 15.4 Å². The van der Waals surface area contributed by atoms with Gasteiger partial charge in [0.15, 0.2) is 0 Å². The maximum atomic E-state index is 11.8.